The molecular weight excluding hydrogens is 424 g/mol. The van der Waals surface area contributed by atoms with E-state index in [1.807, 2.05) is 13.8 Å². The number of carbonyl (C=O) groups is 3. The maximum absolute atomic E-state index is 12.6. The molecule has 1 heterocycles. The van der Waals surface area contributed by atoms with Gasteiger partial charge in [0, 0.05) is 17.7 Å². The highest BCUT2D eigenvalue weighted by atomic mass is 16.5. The van der Waals surface area contributed by atoms with E-state index in [0.29, 0.717) is 34.9 Å². The van der Waals surface area contributed by atoms with Crippen molar-refractivity contribution in [2.75, 3.05) is 11.9 Å². The van der Waals surface area contributed by atoms with Crippen LogP contribution < -0.4 is 10.1 Å². The predicted molar refractivity (Wildman–Crippen MR) is 121 cm³/mol. The largest absolute Gasteiger partial charge is 0.488 e. The smallest absolute Gasteiger partial charge is 0.342 e. The molecule has 0 aliphatic rings. The maximum atomic E-state index is 12.6. The second-order valence-electron chi connectivity index (χ2n) is 7.46. The van der Waals surface area contributed by atoms with Crippen molar-refractivity contribution in [2.24, 2.45) is 0 Å². The summed E-state index contributed by atoms with van der Waals surface area (Å²) in [6.07, 6.45) is 1.18. The van der Waals surface area contributed by atoms with Crippen LogP contribution >= 0.6 is 0 Å². The fraction of sp³-hybridized carbons (Fsp3) is 0.280. The van der Waals surface area contributed by atoms with Gasteiger partial charge in [-0.1, -0.05) is 24.2 Å². The molecule has 0 aliphatic heterocycles. The molecule has 8 heteroatoms. The van der Waals surface area contributed by atoms with Crippen molar-refractivity contribution in [3.8, 4) is 5.75 Å². The summed E-state index contributed by atoms with van der Waals surface area (Å²) < 4.78 is 16.2. The fourth-order valence-electron chi connectivity index (χ4n) is 3.10. The van der Waals surface area contributed by atoms with Crippen LogP contribution in [0.5, 0.6) is 5.75 Å². The number of rotatable bonds is 10. The highest BCUT2D eigenvalue weighted by Gasteiger charge is 2.17. The number of anilines is 1. The van der Waals surface area contributed by atoms with E-state index in [1.54, 1.807) is 55.5 Å². The average Bonchev–Trinajstić information content (AvgIpc) is 3.13. The van der Waals surface area contributed by atoms with Gasteiger partial charge in [-0.05, 0) is 56.7 Å². The fourth-order valence-corrected chi connectivity index (χ4v) is 3.10. The van der Waals surface area contributed by atoms with Gasteiger partial charge in [0.15, 0.2) is 12.4 Å². The van der Waals surface area contributed by atoms with Crippen molar-refractivity contribution in [2.45, 2.75) is 40.2 Å². The number of esters is 1. The van der Waals surface area contributed by atoms with Crippen LogP contribution in [0.1, 0.15) is 57.5 Å². The molecule has 0 saturated heterocycles. The number of ether oxygens (including phenoxy) is 2. The van der Waals surface area contributed by atoms with Crippen molar-refractivity contribution >= 4 is 23.3 Å². The molecule has 0 radical (unpaired) electrons. The van der Waals surface area contributed by atoms with Crippen molar-refractivity contribution in [1.82, 2.24) is 5.16 Å². The van der Waals surface area contributed by atoms with Gasteiger partial charge in [-0.2, -0.15) is 0 Å². The second-order valence-corrected chi connectivity index (χ2v) is 7.46. The van der Waals surface area contributed by atoms with Gasteiger partial charge in [-0.3, -0.25) is 9.59 Å². The van der Waals surface area contributed by atoms with Crippen LogP contribution in [0.4, 0.5) is 5.69 Å². The topological polar surface area (TPSA) is 108 Å². The van der Waals surface area contributed by atoms with E-state index in [1.165, 1.54) is 0 Å². The number of aryl methyl sites for hydroxylation is 2. The zero-order chi connectivity index (χ0) is 23.8. The van der Waals surface area contributed by atoms with Crippen LogP contribution in [0.3, 0.4) is 0 Å². The van der Waals surface area contributed by atoms with E-state index in [2.05, 4.69) is 10.5 Å². The Balaban J connectivity index is 1.58. The SMILES string of the molecule is CCCC(=O)Nc1ccc(C(=O)COC(=O)c2ccccc2OCc2c(C)noc2C)cc1. The van der Waals surface area contributed by atoms with Gasteiger partial charge in [-0.15, -0.1) is 0 Å². The van der Waals surface area contributed by atoms with Gasteiger partial charge >= 0.3 is 5.97 Å². The first-order chi connectivity index (χ1) is 15.9. The van der Waals surface area contributed by atoms with Gasteiger partial charge in [0.25, 0.3) is 0 Å². The summed E-state index contributed by atoms with van der Waals surface area (Å²) in [5.74, 6) is -0.123. The van der Waals surface area contributed by atoms with Gasteiger partial charge < -0.3 is 19.3 Å². The molecule has 0 unspecified atom stereocenters. The third-order valence-corrected chi connectivity index (χ3v) is 4.96. The van der Waals surface area contributed by atoms with Crippen LogP contribution in [-0.2, 0) is 16.1 Å². The van der Waals surface area contributed by atoms with E-state index in [4.69, 9.17) is 14.0 Å². The number of amides is 1. The number of nitrogens with one attached hydrogen (secondary N) is 1. The predicted octanol–water partition coefficient (Wildman–Crippen LogP) is 4.65. The molecule has 3 aromatic rings. The monoisotopic (exact) mass is 450 g/mol. The Bertz CT molecular complexity index is 1110. The molecule has 0 saturated carbocycles. The average molecular weight is 450 g/mol. The van der Waals surface area contributed by atoms with E-state index >= 15 is 0 Å². The number of carbonyl (C=O) groups excluding carboxylic acids is 3. The molecule has 172 valence electrons. The number of nitrogens with zero attached hydrogens (tertiary/aromatic N) is 1. The molecule has 8 nitrogen and oxygen atoms in total. The molecule has 0 aliphatic carbocycles. The molecule has 1 aromatic heterocycles. The lowest BCUT2D eigenvalue weighted by Gasteiger charge is -2.11. The second kappa shape index (κ2) is 11.1. The molecule has 1 N–H and O–H groups in total. The highest BCUT2D eigenvalue weighted by Crippen LogP contribution is 2.22. The third-order valence-electron chi connectivity index (χ3n) is 4.96. The number of hydrogen-bond acceptors (Lipinski definition) is 7. The summed E-state index contributed by atoms with van der Waals surface area (Å²) in [4.78, 5) is 36.7. The summed E-state index contributed by atoms with van der Waals surface area (Å²) >= 11 is 0. The van der Waals surface area contributed by atoms with Crippen LogP contribution in [0.15, 0.2) is 53.1 Å². The molecule has 3 rings (SSSR count). The Labute approximate surface area is 191 Å². The van der Waals surface area contributed by atoms with Crippen molar-refractivity contribution in [3.63, 3.8) is 0 Å². The van der Waals surface area contributed by atoms with E-state index < -0.39 is 12.6 Å². The Kier molecular flexibility index (Phi) is 7.96. The van der Waals surface area contributed by atoms with Crippen molar-refractivity contribution < 1.29 is 28.4 Å². The minimum atomic E-state index is -0.666. The summed E-state index contributed by atoms with van der Waals surface area (Å²) in [5.41, 5.74) is 2.72. The minimum absolute atomic E-state index is 0.0826. The van der Waals surface area contributed by atoms with E-state index in [9.17, 15) is 14.4 Å². The Hall–Kier alpha value is -3.94. The Morgan fingerprint density at radius 3 is 2.42 bits per heavy atom. The van der Waals surface area contributed by atoms with Crippen LogP contribution in [0.2, 0.25) is 0 Å². The van der Waals surface area contributed by atoms with Crippen LogP contribution in [-0.4, -0.2) is 29.4 Å². The van der Waals surface area contributed by atoms with Gasteiger partial charge in [0.1, 0.15) is 23.7 Å². The summed E-state index contributed by atoms with van der Waals surface area (Å²) in [6, 6.07) is 13.1. The first-order valence-electron chi connectivity index (χ1n) is 10.6. The van der Waals surface area contributed by atoms with Gasteiger partial charge in [-0.25, -0.2) is 4.79 Å². The Morgan fingerprint density at radius 2 is 1.76 bits per heavy atom. The van der Waals surface area contributed by atoms with Crippen molar-refractivity contribution in [3.05, 3.63) is 76.7 Å². The zero-order valence-electron chi connectivity index (χ0n) is 18.8. The number of hydrogen-bond donors (Lipinski definition) is 1. The summed E-state index contributed by atoms with van der Waals surface area (Å²) in [7, 11) is 0. The molecule has 2 aromatic carbocycles. The van der Waals surface area contributed by atoms with E-state index in [-0.39, 0.29) is 23.9 Å². The maximum Gasteiger partial charge on any atom is 0.342 e. The van der Waals surface area contributed by atoms with Crippen molar-refractivity contribution in [1.29, 1.82) is 0 Å². The molecule has 33 heavy (non-hydrogen) atoms. The number of Topliss-reactive ketones (excluding diaryl/α,β-unsaturated/α-hetero) is 1. The minimum Gasteiger partial charge on any atom is -0.488 e. The standard InChI is InChI=1S/C25H26N2O6/c1-4-7-24(29)26-19-12-10-18(11-13-19)22(28)15-32-25(30)20-8-5-6-9-23(20)31-14-21-16(2)27-33-17(21)3/h5-6,8-13H,4,7,14-15H2,1-3H3,(H,26,29). The molecule has 0 bridgehead atoms. The van der Waals surface area contributed by atoms with Crippen LogP contribution in [0, 0.1) is 13.8 Å². The van der Waals surface area contributed by atoms with E-state index in [0.717, 1.165) is 12.0 Å². The van der Waals surface area contributed by atoms with Gasteiger partial charge in [0.05, 0.1) is 11.3 Å². The highest BCUT2D eigenvalue weighted by molar-refractivity contribution is 6.00. The van der Waals surface area contributed by atoms with Gasteiger partial charge in [0.2, 0.25) is 5.91 Å². The lowest BCUT2D eigenvalue weighted by Crippen LogP contribution is -2.15. The quantitative estimate of drug-likeness (QED) is 0.354. The molecule has 0 atom stereocenters. The number of para-hydroxylation sites is 1. The molecular formula is C25H26N2O6. The molecule has 0 fully saturated rings. The molecule has 0 spiro atoms. The van der Waals surface area contributed by atoms with Crippen LogP contribution in [0.25, 0.3) is 0 Å². The summed E-state index contributed by atoms with van der Waals surface area (Å²) in [6.45, 7) is 5.29. The lowest BCUT2D eigenvalue weighted by atomic mass is 10.1. The summed E-state index contributed by atoms with van der Waals surface area (Å²) in [5, 5.41) is 6.64. The number of aromatic nitrogens is 1. The first-order valence-corrected chi connectivity index (χ1v) is 10.6. The number of ketones is 1. The lowest BCUT2D eigenvalue weighted by molar-refractivity contribution is -0.116. The zero-order valence-corrected chi connectivity index (χ0v) is 18.8. The normalized spacial score (nSPS) is 10.5. The number of benzene rings is 2. The first kappa shape index (κ1) is 23.7. The molecule has 1 amide bonds. The third kappa shape index (κ3) is 6.29. The Morgan fingerprint density at radius 1 is 1.03 bits per heavy atom.